The molecule has 1 aliphatic heterocycles. The number of rotatable bonds is 4. The highest BCUT2D eigenvalue weighted by Crippen LogP contribution is 2.20. The van der Waals surface area contributed by atoms with Crippen LogP contribution in [0.5, 0.6) is 0 Å². The molecule has 1 fully saturated rings. The van der Waals surface area contributed by atoms with Gasteiger partial charge in [-0.1, -0.05) is 18.2 Å². The topological polar surface area (TPSA) is 85.4 Å². The van der Waals surface area contributed by atoms with Crippen molar-refractivity contribution in [2.24, 2.45) is 4.99 Å². The van der Waals surface area contributed by atoms with Gasteiger partial charge in [0.05, 0.1) is 18.3 Å². The molecule has 3 N–H and O–H groups in total. The molecule has 7 nitrogen and oxygen atoms in total. The Balaban J connectivity index is 0.00000208. The molecule has 3 rings (SSSR count). The van der Waals surface area contributed by atoms with Gasteiger partial charge in [0.1, 0.15) is 0 Å². The number of hydrogen-bond donors (Lipinski definition) is 3. The molecule has 1 amide bonds. The molecule has 2 heterocycles. The molecule has 1 unspecified atom stereocenters. The number of benzene rings is 1. The van der Waals surface area contributed by atoms with Crippen LogP contribution in [-0.2, 0) is 11.3 Å². The quantitative estimate of drug-likeness (QED) is 0.382. The van der Waals surface area contributed by atoms with Gasteiger partial charge < -0.3 is 15.5 Å². The van der Waals surface area contributed by atoms with Crippen molar-refractivity contribution in [1.29, 1.82) is 0 Å². The van der Waals surface area contributed by atoms with E-state index >= 15 is 0 Å². The van der Waals surface area contributed by atoms with Gasteiger partial charge in [-0.2, -0.15) is 5.10 Å². The molecule has 0 saturated carbocycles. The average Bonchev–Trinajstić information content (AvgIpc) is 3.22. The summed E-state index contributed by atoms with van der Waals surface area (Å²) < 4.78 is 0. The molecule has 0 radical (unpaired) electrons. The number of hydrogen-bond acceptors (Lipinski definition) is 3. The van der Waals surface area contributed by atoms with Gasteiger partial charge in [0, 0.05) is 31.9 Å². The van der Waals surface area contributed by atoms with Gasteiger partial charge in [-0.25, -0.2) is 0 Å². The zero-order valence-electron chi connectivity index (χ0n) is 13.4. The first-order valence-corrected chi connectivity index (χ1v) is 7.57. The van der Waals surface area contributed by atoms with Crippen LogP contribution in [0.4, 0.5) is 5.69 Å². The summed E-state index contributed by atoms with van der Waals surface area (Å²) in [7, 11) is 1.72. The fourth-order valence-electron chi connectivity index (χ4n) is 2.61. The number of nitrogens with one attached hydrogen (secondary N) is 3. The highest BCUT2D eigenvalue weighted by molar-refractivity contribution is 14.0. The van der Waals surface area contributed by atoms with Crippen LogP contribution in [-0.4, -0.2) is 41.7 Å². The SMILES string of the molecule is CN=C(NCc1ccn[nH]1)NC1CC(=O)N(c2ccccc2)C1.I. The number of nitrogens with zero attached hydrogens (tertiary/aromatic N) is 3. The maximum atomic E-state index is 12.2. The molecule has 1 aromatic carbocycles. The van der Waals surface area contributed by atoms with Crippen LogP contribution < -0.4 is 15.5 Å². The van der Waals surface area contributed by atoms with Crippen LogP contribution in [0.15, 0.2) is 47.6 Å². The van der Waals surface area contributed by atoms with Crippen LogP contribution in [0.1, 0.15) is 12.1 Å². The Morgan fingerprint density at radius 3 is 2.83 bits per heavy atom. The Morgan fingerprint density at radius 2 is 2.17 bits per heavy atom. The second-order valence-corrected chi connectivity index (χ2v) is 5.39. The monoisotopic (exact) mass is 440 g/mol. The second-order valence-electron chi connectivity index (χ2n) is 5.39. The minimum atomic E-state index is 0. The number of guanidine groups is 1. The van der Waals surface area contributed by atoms with E-state index in [4.69, 9.17) is 0 Å². The molecule has 0 bridgehead atoms. The lowest BCUT2D eigenvalue weighted by Crippen LogP contribution is -2.44. The zero-order valence-corrected chi connectivity index (χ0v) is 15.7. The Kier molecular flexibility index (Phi) is 6.59. The number of para-hydroxylation sites is 1. The van der Waals surface area contributed by atoms with Crippen molar-refractivity contribution in [3.05, 3.63) is 48.3 Å². The van der Waals surface area contributed by atoms with Crippen molar-refractivity contribution in [3.8, 4) is 0 Å². The van der Waals surface area contributed by atoms with Gasteiger partial charge in [-0.3, -0.25) is 14.9 Å². The molecule has 8 heteroatoms. The molecular formula is C16H21IN6O. The predicted octanol–water partition coefficient (Wildman–Crippen LogP) is 1.50. The lowest BCUT2D eigenvalue weighted by Gasteiger charge is -2.18. The van der Waals surface area contributed by atoms with E-state index in [1.54, 1.807) is 18.1 Å². The molecule has 0 aliphatic carbocycles. The number of amides is 1. The van der Waals surface area contributed by atoms with Gasteiger partial charge in [0.25, 0.3) is 0 Å². The summed E-state index contributed by atoms with van der Waals surface area (Å²) in [4.78, 5) is 18.2. The van der Waals surface area contributed by atoms with E-state index in [2.05, 4.69) is 25.8 Å². The summed E-state index contributed by atoms with van der Waals surface area (Å²) in [5.41, 5.74) is 1.91. The number of aromatic nitrogens is 2. The van der Waals surface area contributed by atoms with Gasteiger partial charge in [-0.05, 0) is 18.2 Å². The molecule has 2 aromatic rings. The van der Waals surface area contributed by atoms with Crippen LogP contribution >= 0.6 is 24.0 Å². The molecule has 128 valence electrons. The summed E-state index contributed by atoms with van der Waals surface area (Å²) in [6.45, 7) is 1.23. The minimum Gasteiger partial charge on any atom is -0.351 e. The number of halogens is 1. The number of aromatic amines is 1. The highest BCUT2D eigenvalue weighted by atomic mass is 127. The number of carbonyl (C=O) groups is 1. The lowest BCUT2D eigenvalue weighted by molar-refractivity contribution is -0.117. The third-order valence-electron chi connectivity index (χ3n) is 3.76. The summed E-state index contributed by atoms with van der Waals surface area (Å²) in [6.07, 6.45) is 2.17. The van der Waals surface area contributed by atoms with Crippen LogP contribution in [0.2, 0.25) is 0 Å². The summed E-state index contributed by atoms with van der Waals surface area (Å²) in [6, 6.07) is 11.7. The van der Waals surface area contributed by atoms with Crippen molar-refractivity contribution >= 4 is 41.5 Å². The van der Waals surface area contributed by atoms with Crippen molar-refractivity contribution < 1.29 is 4.79 Å². The summed E-state index contributed by atoms with van der Waals surface area (Å²) in [5, 5.41) is 13.3. The minimum absolute atomic E-state index is 0. The highest BCUT2D eigenvalue weighted by Gasteiger charge is 2.30. The number of anilines is 1. The average molecular weight is 440 g/mol. The normalized spacial score (nSPS) is 17.5. The van der Waals surface area contributed by atoms with Crippen molar-refractivity contribution in [1.82, 2.24) is 20.8 Å². The standard InChI is InChI=1S/C16H20N6O.HI/c1-17-16(18-10-12-7-8-19-21-12)20-13-9-15(23)22(11-13)14-5-3-2-4-6-14;/h2-8,13H,9-11H2,1H3,(H,19,21)(H2,17,18,20);1H. The number of H-pyrrole nitrogens is 1. The maximum Gasteiger partial charge on any atom is 0.229 e. The first kappa shape index (κ1) is 18.2. The van der Waals surface area contributed by atoms with Crippen LogP contribution in [0.3, 0.4) is 0 Å². The van der Waals surface area contributed by atoms with E-state index in [0.717, 1.165) is 11.4 Å². The van der Waals surface area contributed by atoms with E-state index in [9.17, 15) is 4.79 Å². The smallest absolute Gasteiger partial charge is 0.229 e. The first-order valence-electron chi connectivity index (χ1n) is 7.57. The van der Waals surface area contributed by atoms with E-state index in [0.29, 0.717) is 25.5 Å². The van der Waals surface area contributed by atoms with Crippen molar-refractivity contribution in [3.63, 3.8) is 0 Å². The number of aliphatic imine (C=N–C) groups is 1. The molecule has 1 aliphatic rings. The summed E-state index contributed by atoms with van der Waals surface area (Å²) in [5.74, 6) is 0.796. The molecule has 1 saturated heterocycles. The molecule has 1 atom stereocenters. The van der Waals surface area contributed by atoms with E-state index in [1.165, 1.54) is 0 Å². The van der Waals surface area contributed by atoms with E-state index in [1.807, 2.05) is 36.4 Å². The van der Waals surface area contributed by atoms with Crippen molar-refractivity contribution in [2.45, 2.75) is 19.0 Å². The van der Waals surface area contributed by atoms with Crippen molar-refractivity contribution in [2.75, 3.05) is 18.5 Å². The molecule has 1 aromatic heterocycles. The fraction of sp³-hybridized carbons (Fsp3) is 0.312. The Hall–Kier alpha value is -2.10. The fourth-order valence-corrected chi connectivity index (χ4v) is 2.61. The number of carbonyl (C=O) groups excluding carboxylic acids is 1. The molecule has 0 spiro atoms. The van der Waals surface area contributed by atoms with Gasteiger partial charge >= 0.3 is 0 Å². The molecular weight excluding hydrogens is 419 g/mol. The predicted molar refractivity (Wildman–Crippen MR) is 105 cm³/mol. The summed E-state index contributed by atoms with van der Waals surface area (Å²) >= 11 is 0. The lowest BCUT2D eigenvalue weighted by atomic mass is 10.2. The first-order chi connectivity index (χ1) is 11.3. The molecule has 24 heavy (non-hydrogen) atoms. The largest absolute Gasteiger partial charge is 0.351 e. The Bertz CT molecular complexity index is 673. The second kappa shape index (κ2) is 8.67. The Labute approximate surface area is 157 Å². The van der Waals surface area contributed by atoms with Crippen LogP contribution in [0, 0.1) is 0 Å². The third-order valence-corrected chi connectivity index (χ3v) is 3.76. The van der Waals surface area contributed by atoms with Crippen LogP contribution in [0.25, 0.3) is 0 Å². The zero-order chi connectivity index (χ0) is 16.1. The maximum absolute atomic E-state index is 12.2. The van der Waals surface area contributed by atoms with E-state index in [-0.39, 0.29) is 35.9 Å². The van der Waals surface area contributed by atoms with Gasteiger partial charge in [0.15, 0.2) is 5.96 Å². The van der Waals surface area contributed by atoms with E-state index < -0.39 is 0 Å². The third kappa shape index (κ3) is 4.47. The Morgan fingerprint density at radius 1 is 1.38 bits per heavy atom. The van der Waals surface area contributed by atoms with Gasteiger partial charge in [0.2, 0.25) is 5.91 Å². The van der Waals surface area contributed by atoms with Gasteiger partial charge in [-0.15, -0.1) is 24.0 Å².